The van der Waals surface area contributed by atoms with Crippen LogP contribution in [0.25, 0.3) is 0 Å². The van der Waals surface area contributed by atoms with E-state index in [0.29, 0.717) is 5.25 Å². The molecule has 0 aromatic carbocycles. The van der Waals surface area contributed by atoms with E-state index >= 15 is 0 Å². The van der Waals surface area contributed by atoms with Crippen molar-refractivity contribution in [3.05, 3.63) is 0 Å². The monoisotopic (exact) mass is 199 g/mol. The van der Waals surface area contributed by atoms with Crippen molar-refractivity contribution in [1.82, 2.24) is 0 Å². The molecule has 5 heteroatoms. The lowest BCUT2D eigenvalue weighted by molar-refractivity contribution is 0.594. The van der Waals surface area contributed by atoms with Crippen molar-refractivity contribution in [3.8, 4) is 0 Å². The summed E-state index contributed by atoms with van der Waals surface area (Å²) >= 11 is 2.67. The molecule has 0 saturated heterocycles. The van der Waals surface area contributed by atoms with Gasteiger partial charge in [0.2, 0.25) is 0 Å². The van der Waals surface area contributed by atoms with Crippen LogP contribution in [0, 0.1) is 0 Å². The lowest BCUT2D eigenvalue weighted by atomic mass is 10.4. The second-order valence-electron chi connectivity index (χ2n) is 2.05. The minimum Gasteiger partial charge on any atom is -0.283 e. The second kappa shape index (κ2) is 4.70. The summed E-state index contributed by atoms with van der Waals surface area (Å²) in [6, 6.07) is 0. The quantitative estimate of drug-likeness (QED) is 0.707. The van der Waals surface area contributed by atoms with Gasteiger partial charge in [-0.25, -0.2) is 0 Å². The summed E-state index contributed by atoms with van der Waals surface area (Å²) in [5, 5.41) is 0.406. The number of nitrogens with two attached hydrogens (primary N) is 1. The lowest BCUT2D eigenvalue weighted by Crippen LogP contribution is -1.95. The number of hydrogen-bond donors (Lipinski definition) is 1. The highest BCUT2D eigenvalue weighted by Gasteiger charge is 2.17. The third-order valence-corrected chi connectivity index (χ3v) is 8.26. The molecule has 0 rings (SSSR count). The van der Waals surface area contributed by atoms with Gasteiger partial charge in [-0.05, 0) is 12.7 Å². The van der Waals surface area contributed by atoms with Crippen LogP contribution in [0.4, 0.5) is 0 Å². The van der Waals surface area contributed by atoms with Gasteiger partial charge in [-0.2, -0.15) is 0 Å². The van der Waals surface area contributed by atoms with Gasteiger partial charge in [0, 0.05) is 5.25 Å². The molecule has 0 aliphatic rings. The fourth-order valence-electron chi connectivity index (χ4n) is 0.368. The van der Waals surface area contributed by atoms with Crippen LogP contribution in [0.1, 0.15) is 20.3 Å². The van der Waals surface area contributed by atoms with Crippen LogP contribution in [0.15, 0.2) is 0 Å². The molecule has 2 nitrogen and oxygen atoms in total. The van der Waals surface area contributed by atoms with Crippen LogP contribution in [0.5, 0.6) is 0 Å². The maximum absolute atomic E-state index is 11.3. The van der Waals surface area contributed by atoms with E-state index in [4.69, 9.17) is 5.50 Å². The molecule has 0 radical (unpaired) electrons. The Labute approximate surface area is 70.6 Å². The molecule has 0 spiro atoms. The molecule has 0 saturated carbocycles. The van der Waals surface area contributed by atoms with Gasteiger partial charge in [-0.3, -0.25) is 10.1 Å². The van der Waals surface area contributed by atoms with Crippen LogP contribution >= 0.6 is 28.5 Å². The van der Waals surface area contributed by atoms with Gasteiger partial charge in [0.1, 0.15) is 0 Å². The molecule has 0 aliphatic heterocycles. The molecule has 2 N–H and O–H groups in total. The molecular weight excluding hydrogens is 185 g/mol. The van der Waals surface area contributed by atoms with Crippen molar-refractivity contribution >= 4 is 28.5 Å². The van der Waals surface area contributed by atoms with Crippen molar-refractivity contribution in [2.24, 2.45) is 5.50 Å². The molecule has 0 aliphatic carbocycles. The first kappa shape index (κ1) is 10.9. The van der Waals surface area contributed by atoms with Crippen molar-refractivity contribution in [1.29, 1.82) is 0 Å². The smallest absolute Gasteiger partial charge is 0.252 e. The Bertz CT molecular complexity index is 142. The van der Waals surface area contributed by atoms with Crippen molar-refractivity contribution < 1.29 is 4.57 Å². The fraction of sp³-hybridized carbons (Fsp3) is 1.00. The van der Waals surface area contributed by atoms with Crippen LogP contribution in [0.2, 0.25) is 0 Å². The Morgan fingerprint density at radius 1 is 1.70 bits per heavy atom. The fourth-order valence-corrected chi connectivity index (χ4v) is 5.41. The van der Waals surface area contributed by atoms with Gasteiger partial charge in [-0.1, -0.05) is 36.6 Å². The molecule has 0 aromatic rings. The Morgan fingerprint density at radius 3 is 2.50 bits per heavy atom. The van der Waals surface area contributed by atoms with E-state index in [1.165, 1.54) is 22.8 Å². The van der Waals surface area contributed by atoms with E-state index in [2.05, 4.69) is 6.92 Å². The minimum absolute atomic E-state index is 0.406. The Kier molecular flexibility index (Phi) is 5.12. The Hall–Kier alpha value is 0.890. The molecule has 2 unspecified atom stereocenters. The highest BCUT2D eigenvalue weighted by Crippen LogP contribution is 2.62. The molecule has 0 heterocycles. The first-order valence-corrected chi connectivity index (χ1v) is 8.23. The lowest BCUT2D eigenvalue weighted by Gasteiger charge is -2.12. The van der Waals surface area contributed by atoms with Gasteiger partial charge in [0.05, 0.1) is 0 Å². The average Bonchev–Trinajstić information content (AvgIpc) is 1.87. The van der Waals surface area contributed by atoms with Crippen molar-refractivity contribution in [3.63, 3.8) is 0 Å². The van der Waals surface area contributed by atoms with Crippen LogP contribution in [0.3, 0.4) is 0 Å². The van der Waals surface area contributed by atoms with E-state index in [-0.39, 0.29) is 0 Å². The Balaban J connectivity index is 3.77. The third-order valence-electron chi connectivity index (χ3n) is 1.16. The minimum atomic E-state index is -2.41. The van der Waals surface area contributed by atoms with Crippen LogP contribution in [-0.2, 0) is 4.57 Å². The first-order chi connectivity index (χ1) is 4.52. The topological polar surface area (TPSA) is 43.1 Å². The highest BCUT2D eigenvalue weighted by molar-refractivity contribution is 8.89. The van der Waals surface area contributed by atoms with Gasteiger partial charge in [0.25, 0.3) is 5.70 Å². The van der Waals surface area contributed by atoms with Gasteiger partial charge in [-0.15, -0.1) is 0 Å². The zero-order chi connectivity index (χ0) is 8.20. The zero-order valence-electron chi connectivity index (χ0n) is 6.53. The third kappa shape index (κ3) is 4.67. The maximum Gasteiger partial charge on any atom is 0.252 e. The summed E-state index contributed by atoms with van der Waals surface area (Å²) in [6.45, 7) is 4.11. The normalized spacial score (nSPS) is 20.0. The van der Waals surface area contributed by atoms with Crippen molar-refractivity contribution in [2.45, 2.75) is 25.5 Å². The summed E-state index contributed by atoms with van der Waals surface area (Å²) in [6.07, 6.45) is 2.81. The predicted molar refractivity (Wildman–Crippen MR) is 52.7 cm³/mol. The standard InChI is InChI=1S/C5H14NOPS2/c1-4-5(2)10-8(6,7)9-3/h5H,4H2,1-3H3,(H2,6,7). The van der Waals surface area contributed by atoms with E-state index in [0.717, 1.165) is 6.42 Å². The van der Waals surface area contributed by atoms with Crippen LogP contribution in [-0.4, -0.2) is 11.5 Å². The van der Waals surface area contributed by atoms with Gasteiger partial charge >= 0.3 is 0 Å². The highest BCUT2D eigenvalue weighted by atomic mass is 33.1. The van der Waals surface area contributed by atoms with Gasteiger partial charge in [0.15, 0.2) is 0 Å². The van der Waals surface area contributed by atoms with Crippen LogP contribution < -0.4 is 5.50 Å². The van der Waals surface area contributed by atoms with E-state index in [1.54, 1.807) is 6.26 Å². The second-order valence-corrected chi connectivity index (χ2v) is 10.2. The molecule has 10 heavy (non-hydrogen) atoms. The largest absolute Gasteiger partial charge is 0.283 e. The average molecular weight is 199 g/mol. The molecule has 0 bridgehead atoms. The van der Waals surface area contributed by atoms with Crippen molar-refractivity contribution in [2.75, 3.05) is 6.26 Å². The zero-order valence-corrected chi connectivity index (χ0v) is 9.06. The van der Waals surface area contributed by atoms with Gasteiger partial charge < -0.3 is 0 Å². The van der Waals surface area contributed by atoms with E-state index in [1.807, 2.05) is 6.92 Å². The van der Waals surface area contributed by atoms with E-state index < -0.39 is 5.70 Å². The molecule has 2 atom stereocenters. The molecule has 0 aromatic heterocycles. The molecular formula is C5H14NOPS2. The summed E-state index contributed by atoms with van der Waals surface area (Å²) in [5.41, 5.74) is 3.06. The van der Waals surface area contributed by atoms with E-state index in [9.17, 15) is 4.57 Å². The Morgan fingerprint density at radius 2 is 2.20 bits per heavy atom. The molecule has 0 amide bonds. The number of rotatable bonds is 4. The molecule has 62 valence electrons. The summed E-state index contributed by atoms with van der Waals surface area (Å²) in [5.74, 6) is 0. The summed E-state index contributed by atoms with van der Waals surface area (Å²) in [4.78, 5) is 0. The predicted octanol–water partition coefficient (Wildman–Crippen LogP) is 2.95. The molecule has 0 fully saturated rings. The summed E-state index contributed by atoms with van der Waals surface area (Å²) < 4.78 is 11.3. The SMILES string of the molecule is CCC(C)SP(N)(=O)SC. The summed E-state index contributed by atoms with van der Waals surface area (Å²) in [7, 11) is 0. The number of hydrogen-bond acceptors (Lipinski definition) is 3. The first-order valence-electron chi connectivity index (χ1n) is 3.14. The maximum atomic E-state index is 11.3.